The zero-order valence-corrected chi connectivity index (χ0v) is 20.9. The second-order valence-corrected chi connectivity index (χ2v) is 7.58. The summed E-state index contributed by atoms with van der Waals surface area (Å²) in [4.78, 5) is 9.18. The van der Waals surface area contributed by atoms with Crippen LogP contribution in [0.25, 0.3) is 0 Å². The molecule has 10 heteroatoms. The van der Waals surface area contributed by atoms with Crippen molar-refractivity contribution in [2.45, 2.75) is 26.4 Å². The van der Waals surface area contributed by atoms with E-state index in [0.717, 1.165) is 69.0 Å². The highest BCUT2D eigenvalue weighted by atomic mass is 127. The van der Waals surface area contributed by atoms with Crippen molar-refractivity contribution in [2.75, 3.05) is 46.4 Å². The summed E-state index contributed by atoms with van der Waals surface area (Å²) in [6.45, 7) is 8.35. The van der Waals surface area contributed by atoms with Gasteiger partial charge in [0, 0.05) is 40.3 Å². The Kier molecular flexibility index (Phi) is 10.6. The summed E-state index contributed by atoms with van der Waals surface area (Å²) >= 11 is 0. The first-order valence-corrected chi connectivity index (χ1v) is 10.4. The van der Waals surface area contributed by atoms with Gasteiger partial charge in [0.15, 0.2) is 11.8 Å². The third kappa shape index (κ3) is 8.00. The number of benzene rings is 1. The molecule has 0 unspecified atom stereocenters. The fraction of sp³-hybridized carbons (Fsp3) is 0.571. The van der Waals surface area contributed by atoms with E-state index in [1.54, 1.807) is 12.1 Å². The fourth-order valence-corrected chi connectivity index (χ4v) is 3.36. The Bertz CT molecular complexity index is 839. The van der Waals surface area contributed by atoms with Crippen LogP contribution in [-0.4, -0.2) is 77.0 Å². The number of rotatable bonds is 8. The van der Waals surface area contributed by atoms with Crippen LogP contribution in [0.15, 0.2) is 29.3 Å². The second kappa shape index (κ2) is 12.9. The van der Waals surface area contributed by atoms with E-state index >= 15 is 0 Å². The summed E-state index contributed by atoms with van der Waals surface area (Å²) in [6.07, 6.45) is 1.01. The van der Waals surface area contributed by atoms with Gasteiger partial charge in [-0.15, -0.1) is 34.2 Å². The standard InChI is InChI=1S/C21H32FN7O.HI/c1-17-25-26-20(28(17)3)15-24-21(23-8-5-9-29-10-12-30-13-11-29)27(2)16-18-6-4-7-19(22)14-18;/h4,6-7,14H,5,8-13,15-16H2,1-3H3,(H,23,24);1H. The lowest BCUT2D eigenvalue weighted by atomic mass is 10.2. The smallest absolute Gasteiger partial charge is 0.194 e. The number of hydrogen-bond donors (Lipinski definition) is 1. The zero-order valence-electron chi connectivity index (χ0n) is 18.6. The average Bonchev–Trinajstić information content (AvgIpc) is 3.06. The quantitative estimate of drug-likeness (QED) is 0.238. The summed E-state index contributed by atoms with van der Waals surface area (Å²) in [5, 5.41) is 11.7. The molecule has 0 saturated carbocycles. The highest BCUT2D eigenvalue weighted by Crippen LogP contribution is 2.07. The Balaban J connectivity index is 0.00000341. The highest BCUT2D eigenvalue weighted by Gasteiger charge is 2.12. The molecule has 1 aromatic carbocycles. The molecule has 172 valence electrons. The first-order valence-electron chi connectivity index (χ1n) is 10.4. The SMILES string of the molecule is Cc1nnc(CN=C(NCCCN2CCOCC2)N(C)Cc2cccc(F)c2)n1C.I. The molecule has 0 aliphatic carbocycles. The topological polar surface area (TPSA) is 70.8 Å². The van der Waals surface area contributed by atoms with Gasteiger partial charge < -0.3 is 19.5 Å². The molecule has 0 atom stereocenters. The van der Waals surface area contributed by atoms with Crippen LogP contribution in [0.2, 0.25) is 0 Å². The summed E-state index contributed by atoms with van der Waals surface area (Å²) in [5.74, 6) is 2.20. The monoisotopic (exact) mass is 545 g/mol. The van der Waals surface area contributed by atoms with Crippen LogP contribution in [0, 0.1) is 12.7 Å². The Hall–Kier alpha value is -1.79. The Labute approximate surface area is 200 Å². The van der Waals surface area contributed by atoms with E-state index < -0.39 is 0 Å². The number of ether oxygens (including phenoxy) is 1. The lowest BCUT2D eigenvalue weighted by molar-refractivity contribution is 0.0375. The number of aliphatic imine (C=N–C) groups is 1. The third-order valence-corrected chi connectivity index (χ3v) is 5.26. The molecule has 0 amide bonds. The molecule has 1 N–H and O–H groups in total. The van der Waals surface area contributed by atoms with E-state index in [1.807, 2.05) is 36.6 Å². The second-order valence-electron chi connectivity index (χ2n) is 7.58. The Morgan fingerprint density at radius 2 is 2.06 bits per heavy atom. The van der Waals surface area contributed by atoms with Gasteiger partial charge in [0.2, 0.25) is 0 Å². The van der Waals surface area contributed by atoms with Gasteiger partial charge in [0.05, 0.1) is 13.2 Å². The molecule has 1 aliphatic rings. The molecule has 0 bridgehead atoms. The van der Waals surface area contributed by atoms with E-state index in [1.165, 1.54) is 6.07 Å². The van der Waals surface area contributed by atoms with Gasteiger partial charge in [0.1, 0.15) is 18.2 Å². The molecule has 2 heterocycles. The van der Waals surface area contributed by atoms with Gasteiger partial charge in [-0.2, -0.15) is 0 Å². The van der Waals surface area contributed by atoms with Gasteiger partial charge in [0.25, 0.3) is 0 Å². The largest absolute Gasteiger partial charge is 0.379 e. The normalized spacial score (nSPS) is 14.9. The molecule has 1 fully saturated rings. The van der Waals surface area contributed by atoms with Crippen molar-refractivity contribution < 1.29 is 9.13 Å². The molecule has 1 aromatic heterocycles. The predicted molar refractivity (Wildman–Crippen MR) is 130 cm³/mol. The highest BCUT2D eigenvalue weighted by molar-refractivity contribution is 14.0. The van der Waals surface area contributed by atoms with Crippen molar-refractivity contribution in [3.63, 3.8) is 0 Å². The lowest BCUT2D eigenvalue weighted by Crippen LogP contribution is -2.41. The lowest BCUT2D eigenvalue weighted by Gasteiger charge is -2.27. The number of nitrogens with zero attached hydrogens (tertiary/aromatic N) is 6. The van der Waals surface area contributed by atoms with Crippen molar-refractivity contribution in [1.29, 1.82) is 0 Å². The average molecular weight is 545 g/mol. The maximum Gasteiger partial charge on any atom is 0.194 e. The molecule has 1 saturated heterocycles. The van der Waals surface area contributed by atoms with Crippen molar-refractivity contribution in [3.8, 4) is 0 Å². The molecule has 3 rings (SSSR count). The summed E-state index contributed by atoms with van der Waals surface area (Å²) in [7, 11) is 3.90. The van der Waals surface area contributed by atoms with Gasteiger partial charge in [-0.25, -0.2) is 9.38 Å². The van der Waals surface area contributed by atoms with E-state index in [4.69, 9.17) is 9.73 Å². The van der Waals surface area contributed by atoms with Crippen LogP contribution < -0.4 is 5.32 Å². The predicted octanol–water partition coefficient (Wildman–Crippen LogP) is 2.18. The molecular weight excluding hydrogens is 512 g/mol. The van der Waals surface area contributed by atoms with Crippen LogP contribution in [0.5, 0.6) is 0 Å². The molecule has 2 aromatic rings. The molecule has 0 spiro atoms. The maximum absolute atomic E-state index is 13.6. The number of aromatic nitrogens is 3. The molecule has 8 nitrogen and oxygen atoms in total. The van der Waals surface area contributed by atoms with Crippen LogP contribution in [0.1, 0.15) is 23.6 Å². The molecular formula is C21H33FIN7O. The summed E-state index contributed by atoms with van der Waals surface area (Å²) in [6, 6.07) is 6.66. The zero-order chi connectivity index (χ0) is 21.3. The minimum Gasteiger partial charge on any atom is -0.379 e. The Morgan fingerprint density at radius 1 is 1.29 bits per heavy atom. The minimum atomic E-state index is -0.229. The number of halogens is 2. The first kappa shape index (κ1) is 25.5. The molecule has 0 radical (unpaired) electrons. The van der Waals surface area contributed by atoms with Crippen LogP contribution in [0.3, 0.4) is 0 Å². The molecule has 31 heavy (non-hydrogen) atoms. The number of aryl methyl sites for hydroxylation is 1. The van der Waals surface area contributed by atoms with Crippen molar-refractivity contribution in [2.24, 2.45) is 12.0 Å². The molecule has 1 aliphatic heterocycles. The number of nitrogens with one attached hydrogen (secondary N) is 1. The van der Waals surface area contributed by atoms with E-state index in [-0.39, 0.29) is 29.8 Å². The maximum atomic E-state index is 13.6. The third-order valence-electron chi connectivity index (χ3n) is 5.26. The summed E-state index contributed by atoms with van der Waals surface area (Å²) < 4.78 is 20.9. The minimum absolute atomic E-state index is 0. The van der Waals surface area contributed by atoms with Crippen molar-refractivity contribution >= 4 is 29.9 Å². The first-order chi connectivity index (χ1) is 14.5. The van der Waals surface area contributed by atoms with Crippen molar-refractivity contribution in [1.82, 2.24) is 29.9 Å². The Morgan fingerprint density at radius 3 is 2.74 bits per heavy atom. The van der Waals surface area contributed by atoms with Crippen molar-refractivity contribution in [3.05, 3.63) is 47.3 Å². The van der Waals surface area contributed by atoms with Crippen LogP contribution in [0.4, 0.5) is 4.39 Å². The van der Waals surface area contributed by atoms with Gasteiger partial charge in [-0.05, 0) is 37.6 Å². The van der Waals surface area contributed by atoms with Gasteiger partial charge in [-0.3, -0.25) is 4.90 Å². The number of guanidine groups is 1. The van der Waals surface area contributed by atoms with Gasteiger partial charge in [-0.1, -0.05) is 12.1 Å². The van der Waals surface area contributed by atoms with Crippen LogP contribution in [-0.2, 0) is 24.9 Å². The fourth-order valence-electron chi connectivity index (χ4n) is 3.36. The number of hydrogen-bond acceptors (Lipinski definition) is 5. The number of morpholine rings is 1. The van der Waals surface area contributed by atoms with E-state index in [2.05, 4.69) is 20.4 Å². The van der Waals surface area contributed by atoms with Gasteiger partial charge >= 0.3 is 0 Å². The van der Waals surface area contributed by atoms with Crippen LogP contribution >= 0.6 is 24.0 Å². The van der Waals surface area contributed by atoms with E-state index in [9.17, 15) is 4.39 Å². The van der Waals surface area contributed by atoms with E-state index in [0.29, 0.717) is 13.1 Å². The summed E-state index contributed by atoms with van der Waals surface area (Å²) in [5.41, 5.74) is 0.898.